The molecule has 0 atom stereocenters. The van der Waals surface area contributed by atoms with Crippen molar-refractivity contribution in [3.63, 3.8) is 0 Å². The van der Waals surface area contributed by atoms with Crippen molar-refractivity contribution in [1.82, 2.24) is 15.3 Å². The highest BCUT2D eigenvalue weighted by Crippen LogP contribution is 2.43. The van der Waals surface area contributed by atoms with Gasteiger partial charge in [0.2, 0.25) is 5.71 Å². The molecule has 4 aromatic rings. The first kappa shape index (κ1) is 17.4. The van der Waals surface area contributed by atoms with E-state index in [-0.39, 0.29) is 0 Å². The summed E-state index contributed by atoms with van der Waals surface area (Å²) < 4.78 is 6.11. The number of nitrogens with zero attached hydrogens (tertiary/aromatic N) is 2. The van der Waals surface area contributed by atoms with Gasteiger partial charge >= 0.3 is 6.09 Å². The van der Waals surface area contributed by atoms with Crippen LogP contribution in [0.3, 0.4) is 0 Å². The van der Waals surface area contributed by atoms with Crippen molar-refractivity contribution in [3.05, 3.63) is 72.7 Å². The summed E-state index contributed by atoms with van der Waals surface area (Å²) in [6.45, 7) is 0. The second-order valence-corrected chi connectivity index (χ2v) is 7.36. The van der Waals surface area contributed by atoms with E-state index in [4.69, 9.17) is 4.42 Å². The average Bonchev–Trinajstić information content (AvgIpc) is 3.11. The topological polar surface area (TPSA) is 88.2 Å². The molecular formula is C23H19N3O3. The first-order valence-corrected chi connectivity index (χ1v) is 9.56. The van der Waals surface area contributed by atoms with Crippen LogP contribution in [0.15, 0.2) is 71.5 Å². The number of hydrogen-bond acceptors (Lipinski definition) is 4. The Kier molecular flexibility index (Phi) is 4.05. The van der Waals surface area contributed by atoms with Crippen LogP contribution in [0.2, 0.25) is 0 Å². The van der Waals surface area contributed by atoms with Gasteiger partial charge in [0.1, 0.15) is 12.1 Å². The smallest absolute Gasteiger partial charge is 0.405 e. The van der Waals surface area contributed by atoms with E-state index in [0.717, 1.165) is 52.7 Å². The molecule has 0 unspecified atom stereocenters. The summed E-state index contributed by atoms with van der Waals surface area (Å²) in [6.07, 6.45) is 4.90. The predicted octanol–water partition coefficient (Wildman–Crippen LogP) is 5.20. The molecule has 0 bridgehead atoms. The zero-order valence-corrected chi connectivity index (χ0v) is 15.6. The van der Waals surface area contributed by atoms with Crippen molar-refractivity contribution < 1.29 is 14.3 Å². The zero-order valence-electron chi connectivity index (χ0n) is 15.6. The minimum atomic E-state index is -0.990. The summed E-state index contributed by atoms with van der Waals surface area (Å²) in [5.41, 5.74) is 3.94. The fourth-order valence-electron chi connectivity index (χ4n) is 4.10. The van der Waals surface area contributed by atoms with E-state index in [1.165, 1.54) is 6.33 Å². The van der Waals surface area contributed by atoms with Gasteiger partial charge in [0.05, 0.1) is 10.9 Å². The van der Waals surface area contributed by atoms with Gasteiger partial charge in [-0.25, -0.2) is 14.8 Å². The molecule has 5 rings (SSSR count). The fraction of sp³-hybridized carbons (Fsp3) is 0.174. The number of benzene rings is 2. The zero-order chi connectivity index (χ0) is 19.8. The second-order valence-electron chi connectivity index (χ2n) is 7.36. The lowest BCUT2D eigenvalue weighted by atomic mass is 9.72. The number of carboxylic acid groups (broad SMARTS) is 1. The van der Waals surface area contributed by atoms with E-state index in [1.807, 2.05) is 54.6 Å². The standard InChI is InChI=1S/C23H19N3O3/c27-22(28)26-23(11-4-12-23)17-9-7-16(8-10-17)20-19(15-5-2-1-3-6-15)18-13-24-14-25-21(18)29-20/h1-3,5-10,13-14,26H,4,11-12H2,(H,27,28). The maximum absolute atomic E-state index is 11.2. The third-order valence-electron chi connectivity index (χ3n) is 5.69. The van der Waals surface area contributed by atoms with E-state index in [2.05, 4.69) is 15.3 Å². The van der Waals surface area contributed by atoms with Crippen LogP contribution in [0.5, 0.6) is 0 Å². The largest absolute Gasteiger partial charge is 0.465 e. The fourth-order valence-corrected chi connectivity index (χ4v) is 4.10. The van der Waals surface area contributed by atoms with Crippen LogP contribution in [-0.4, -0.2) is 21.2 Å². The Morgan fingerprint density at radius 3 is 2.45 bits per heavy atom. The van der Waals surface area contributed by atoms with Crippen molar-refractivity contribution in [3.8, 4) is 22.5 Å². The SMILES string of the molecule is O=C(O)NC1(c2ccc(-c3oc4ncncc4c3-c3ccccc3)cc2)CCC1. The molecule has 2 aromatic heterocycles. The number of carbonyl (C=O) groups is 1. The maximum Gasteiger partial charge on any atom is 0.405 e. The van der Waals surface area contributed by atoms with Crippen LogP contribution in [0.4, 0.5) is 4.79 Å². The molecule has 0 saturated heterocycles. The normalized spacial score (nSPS) is 15.0. The van der Waals surface area contributed by atoms with Gasteiger partial charge in [-0.2, -0.15) is 0 Å². The van der Waals surface area contributed by atoms with Gasteiger partial charge in [-0.05, 0) is 30.4 Å². The van der Waals surface area contributed by atoms with Crippen LogP contribution in [0.1, 0.15) is 24.8 Å². The summed E-state index contributed by atoms with van der Waals surface area (Å²) >= 11 is 0. The van der Waals surface area contributed by atoms with Crippen molar-refractivity contribution >= 4 is 17.2 Å². The first-order valence-electron chi connectivity index (χ1n) is 9.56. The molecular weight excluding hydrogens is 366 g/mol. The maximum atomic E-state index is 11.2. The van der Waals surface area contributed by atoms with Crippen molar-refractivity contribution in [2.45, 2.75) is 24.8 Å². The molecule has 29 heavy (non-hydrogen) atoms. The van der Waals surface area contributed by atoms with Crippen molar-refractivity contribution in [2.75, 3.05) is 0 Å². The van der Waals surface area contributed by atoms with E-state index in [0.29, 0.717) is 5.71 Å². The van der Waals surface area contributed by atoms with Gasteiger partial charge < -0.3 is 14.8 Å². The molecule has 1 fully saturated rings. The Morgan fingerprint density at radius 1 is 1.03 bits per heavy atom. The third-order valence-corrected chi connectivity index (χ3v) is 5.69. The Bertz CT molecular complexity index is 1180. The monoisotopic (exact) mass is 385 g/mol. The van der Waals surface area contributed by atoms with Gasteiger partial charge in [-0.15, -0.1) is 0 Å². The van der Waals surface area contributed by atoms with Gasteiger partial charge in [-0.1, -0.05) is 54.6 Å². The second kappa shape index (κ2) is 6.74. The molecule has 1 amide bonds. The molecule has 0 spiro atoms. The Hall–Kier alpha value is -3.67. The number of furan rings is 1. The summed E-state index contributed by atoms with van der Waals surface area (Å²) in [7, 11) is 0. The van der Waals surface area contributed by atoms with Crippen LogP contribution in [0.25, 0.3) is 33.6 Å². The summed E-state index contributed by atoms with van der Waals surface area (Å²) in [6, 6.07) is 18.0. The Labute approximate surface area is 167 Å². The third kappa shape index (κ3) is 2.93. The molecule has 6 nitrogen and oxygen atoms in total. The Morgan fingerprint density at radius 2 is 1.79 bits per heavy atom. The number of rotatable bonds is 4. The molecule has 1 aliphatic carbocycles. The molecule has 2 N–H and O–H groups in total. The number of aromatic nitrogens is 2. The summed E-state index contributed by atoms with van der Waals surface area (Å²) in [5, 5.41) is 12.8. The lowest BCUT2D eigenvalue weighted by Gasteiger charge is -2.42. The lowest BCUT2D eigenvalue weighted by Crippen LogP contribution is -2.50. The predicted molar refractivity (Wildman–Crippen MR) is 109 cm³/mol. The molecule has 2 aromatic carbocycles. The molecule has 0 aliphatic heterocycles. The highest BCUT2D eigenvalue weighted by atomic mass is 16.4. The molecule has 144 valence electrons. The van der Waals surface area contributed by atoms with Gasteiger partial charge in [0, 0.05) is 17.3 Å². The highest BCUT2D eigenvalue weighted by molar-refractivity contribution is 5.99. The van der Waals surface area contributed by atoms with Crippen LogP contribution in [0, 0.1) is 0 Å². The van der Waals surface area contributed by atoms with Crippen molar-refractivity contribution in [2.24, 2.45) is 0 Å². The first-order chi connectivity index (χ1) is 14.2. The highest BCUT2D eigenvalue weighted by Gasteiger charge is 2.40. The van der Waals surface area contributed by atoms with Gasteiger partial charge in [0.15, 0.2) is 0 Å². The molecule has 6 heteroatoms. The van der Waals surface area contributed by atoms with Crippen LogP contribution < -0.4 is 5.32 Å². The van der Waals surface area contributed by atoms with E-state index in [1.54, 1.807) is 6.20 Å². The number of fused-ring (bicyclic) bond motifs is 1. The average molecular weight is 385 g/mol. The minimum absolute atomic E-state index is 0.480. The minimum Gasteiger partial charge on any atom is -0.465 e. The number of amides is 1. The van der Waals surface area contributed by atoms with E-state index in [9.17, 15) is 9.90 Å². The summed E-state index contributed by atoms with van der Waals surface area (Å²) in [5.74, 6) is 0.729. The lowest BCUT2D eigenvalue weighted by molar-refractivity contribution is 0.144. The van der Waals surface area contributed by atoms with Gasteiger partial charge in [-0.3, -0.25) is 0 Å². The molecule has 1 aliphatic rings. The van der Waals surface area contributed by atoms with Gasteiger partial charge in [0.25, 0.3) is 0 Å². The van der Waals surface area contributed by atoms with Crippen LogP contribution >= 0.6 is 0 Å². The van der Waals surface area contributed by atoms with E-state index >= 15 is 0 Å². The number of hydrogen-bond donors (Lipinski definition) is 2. The summed E-state index contributed by atoms with van der Waals surface area (Å²) in [4.78, 5) is 19.7. The molecule has 1 saturated carbocycles. The number of nitrogens with one attached hydrogen (secondary N) is 1. The Balaban J connectivity index is 1.61. The van der Waals surface area contributed by atoms with E-state index < -0.39 is 11.6 Å². The molecule has 2 heterocycles. The molecule has 0 radical (unpaired) electrons. The van der Waals surface area contributed by atoms with Crippen molar-refractivity contribution in [1.29, 1.82) is 0 Å². The quantitative estimate of drug-likeness (QED) is 0.504. The van der Waals surface area contributed by atoms with Crippen LogP contribution in [-0.2, 0) is 5.54 Å².